The Morgan fingerprint density at radius 1 is 0.947 bits per heavy atom. The van der Waals surface area contributed by atoms with E-state index in [1.807, 2.05) is 6.92 Å². The highest BCUT2D eigenvalue weighted by Crippen LogP contribution is 2.21. The van der Waals surface area contributed by atoms with Crippen molar-refractivity contribution in [2.45, 2.75) is 40.0 Å². The summed E-state index contributed by atoms with van der Waals surface area (Å²) >= 11 is 0. The SMILES string of the molecule is CCC(C)(C)C(=O)OCCOC(=O)CCC(=O)OC. The molecule has 0 aliphatic heterocycles. The lowest BCUT2D eigenvalue weighted by Gasteiger charge is -2.20. The molecule has 0 aromatic heterocycles. The number of methoxy groups -OCH3 is 1. The molecule has 0 aliphatic rings. The Hall–Kier alpha value is -1.59. The molecule has 0 rings (SSSR count). The third kappa shape index (κ3) is 7.43. The van der Waals surface area contributed by atoms with E-state index < -0.39 is 17.4 Å². The molecule has 0 spiro atoms. The van der Waals surface area contributed by atoms with Gasteiger partial charge in [-0.15, -0.1) is 0 Å². The predicted octanol–water partition coefficient (Wildman–Crippen LogP) is 1.46. The van der Waals surface area contributed by atoms with Crippen LogP contribution >= 0.6 is 0 Å². The fraction of sp³-hybridized carbons (Fsp3) is 0.769. The Bertz CT molecular complexity index is 321. The molecule has 0 saturated carbocycles. The van der Waals surface area contributed by atoms with Gasteiger partial charge in [0.05, 0.1) is 25.4 Å². The van der Waals surface area contributed by atoms with E-state index in [2.05, 4.69) is 4.74 Å². The van der Waals surface area contributed by atoms with Gasteiger partial charge in [0.25, 0.3) is 0 Å². The minimum absolute atomic E-state index is 0.00839. The minimum atomic E-state index is -0.533. The molecule has 0 atom stereocenters. The number of ether oxygens (including phenoxy) is 3. The second-order valence-electron chi connectivity index (χ2n) is 4.67. The second-order valence-corrected chi connectivity index (χ2v) is 4.67. The molecule has 6 nitrogen and oxygen atoms in total. The first-order valence-electron chi connectivity index (χ1n) is 6.23. The average molecular weight is 274 g/mol. The molecule has 0 aliphatic carbocycles. The van der Waals surface area contributed by atoms with E-state index in [1.54, 1.807) is 13.8 Å². The maximum atomic E-state index is 11.6. The van der Waals surface area contributed by atoms with E-state index >= 15 is 0 Å². The molecule has 110 valence electrons. The molecule has 0 radical (unpaired) electrons. The van der Waals surface area contributed by atoms with Crippen LogP contribution in [-0.4, -0.2) is 38.2 Å². The number of esters is 3. The van der Waals surface area contributed by atoms with Gasteiger partial charge in [-0.25, -0.2) is 0 Å². The number of carbonyl (C=O) groups excluding carboxylic acids is 3. The van der Waals surface area contributed by atoms with Gasteiger partial charge in [-0.05, 0) is 20.3 Å². The molecular formula is C13H22O6. The van der Waals surface area contributed by atoms with Crippen molar-refractivity contribution in [2.75, 3.05) is 20.3 Å². The standard InChI is InChI=1S/C13H22O6/c1-5-13(2,3)12(16)19-9-8-18-11(15)7-6-10(14)17-4/h5-9H2,1-4H3. The van der Waals surface area contributed by atoms with E-state index in [0.717, 1.165) is 0 Å². The second kappa shape index (κ2) is 8.50. The van der Waals surface area contributed by atoms with Gasteiger partial charge in [-0.3, -0.25) is 14.4 Å². The van der Waals surface area contributed by atoms with Crippen LogP contribution in [0.1, 0.15) is 40.0 Å². The summed E-state index contributed by atoms with van der Waals surface area (Å²) < 4.78 is 14.2. The van der Waals surface area contributed by atoms with Crippen LogP contribution in [0, 0.1) is 5.41 Å². The van der Waals surface area contributed by atoms with E-state index in [1.165, 1.54) is 7.11 Å². The fourth-order valence-corrected chi connectivity index (χ4v) is 1.01. The fourth-order valence-electron chi connectivity index (χ4n) is 1.01. The van der Waals surface area contributed by atoms with Gasteiger partial charge < -0.3 is 14.2 Å². The third-order valence-electron chi connectivity index (χ3n) is 2.78. The summed E-state index contributed by atoms with van der Waals surface area (Å²) in [6, 6.07) is 0. The number of carbonyl (C=O) groups is 3. The molecule has 0 fully saturated rings. The Kier molecular flexibility index (Phi) is 7.79. The van der Waals surface area contributed by atoms with Crippen LogP contribution in [-0.2, 0) is 28.6 Å². The normalized spacial score (nSPS) is 10.7. The van der Waals surface area contributed by atoms with E-state index in [4.69, 9.17) is 9.47 Å². The molecule has 0 aromatic carbocycles. The molecule has 0 N–H and O–H groups in total. The highest BCUT2D eigenvalue weighted by Gasteiger charge is 2.26. The number of hydrogen-bond acceptors (Lipinski definition) is 6. The zero-order valence-corrected chi connectivity index (χ0v) is 12.0. The molecule has 0 saturated heterocycles. The monoisotopic (exact) mass is 274 g/mol. The third-order valence-corrected chi connectivity index (χ3v) is 2.78. The summed E-state index contributed by atoms with van der Waals surface area (Å²) in [5, 5.41) is 0. The quantitative estimate of drug-likeness (QED) is 0.379. The molecule has 0 aromatic rings. The van der Waals surface area contributed by atoms with Gasteiger partial charge in [-0.2, -0.15) is 0 Å². The van der Waals surface area contributed by atoms with Crippen molar-refractivity contribution in [2.24, 2.45) is 5.41 Å². The van der Waals surface area contributed by atoms with Gasteiger partial charge >= 0.3 is 17.9 Å². The Morgan fingerprint density at radius 2 is 1.47 bits per heavy atom. The molecule has 0 bridgehead atoms. The molecular weight excluding hydrogens is 252 g/mol. The summed E-state index contributed by atoms with van der Waals surface area (Å²) in [6.07, 6.45) is 0.615. The predicted molar refractivity (Wildman–Crippen MR) is 67.2 cm³/mol. The van der Waals surface area contributed by atoms with Gasteiger partial charge in [0, 0.05) is 0 Å². The molecule has 0 heterocycles. The van der Waals surface area contributed by atoms with Gasteiger partial charge in [0.2, 0.25) is 0 Å². The average Bonchev–Trinajstić information content (AvgIpc) is 2.40. The Labute approximate surface area is 113 Å². The van der Waals surface area contributed by atoms with E-state index in [-0.39, 0.29) is 32.0 Å². The van der Waals surface area contributed by atoms with Crippen molar-refractivity contribution >= 4 is 17.9 Å². The van der Waals surface area contributed by atoms with Crippen LogP contribution in [0.15, 0.2) is 0 Å². The van der Waals surface area contributed by atoms with Crippen molar-refractivity contribution in [3.63, 3.8) is 0 Å². The van der Waals surface area contributed by atoms with Crippen LogP contribution in [0.5, 0.6) is 0 Å². The maximum absolute atomic E-state index is 11.6. The van der Waals surface area contributed by atoms with Crippen molar-refractivity contribution in [3.8, 4) is 0 Å². The molecule has 19 heavy (non-hydrogen) atoms. The van der Waals surface area contributed by atoms with Gasteiger partial charge in [-0.1, -0.05) is 6.92 Å². The van der Waals surface area contributed by atoms with Gasteiger partial charge in [0.15, 0.2) is 0 Å². The van der Waals surface area contributed by atoms with Crippen molar-refractivity contribution in [1.82, 2.24) is 0 Å². The highest BCUT2D eigenvalue weighted by atomic mass is 16.6. The van der Waals surface area contributed by atoms with Crippen LogP contribution in [0.2, 0.25) is 0 Å². The molecule has 0 unspecified atom stereocenters. The Balaban J connectivity index is 3.72. The summed E-state index contributed by atoms with van der Waals surface area (Å²) in [4.78, 5) is 33.5. The van der Waals surface area contributed by atoms with Crippen LogP contribution < -0.4 is 0 Å². The van der Waals surface area contributed by atoms with E-state index in [0.29, 0.717) is 6.42 Å². The number of hydrogen-bond donors (Lipinski definition) is 0. The zero-order chi connectivity index (χ0) is 14.9. The van der Waals surface area contributed by atoms with Crippen molar-refractivity contribution < 1.29 is 28.6 Å². The largest absolute Gasteiger partial charge is 0.469 e. The summed E-state index contributed by atoms with van der Waals surface area (Å²) in [5.41, 5.74) is -0.533. The summed E-state index contributed by atoms with van der Waals surface area (Å²) in [6.45, 7) is 5.49. The van der Waals surface area contributed by atoms with Crippen LogP contribution in [0.25, 0.3) is 0 Å². The molecule has 6 heteroatoms. The summed E-state index contributed by atoms with van der Waals surface area (Å²) in [5.74, 6) is -1.30. The number of rotatable bonds is 8. The van der Waals surface area contributed by atoms with E-state index in [9.17, 15) is 14.4 Å². The lowest BCUT2D eigenvalue weighted by atomic mass is 9.91. The van der Waals surface area contributed by atoms with Gasteiger partial charge in [0.1, 0.15) is 13.2 Å². The Morgan fingerprint density at radius 3 is 2.00 bits per heavy atom. The van der Waals surface area contributed by atoms with Crippen LogP contribution in [0.4, 0.5) is 0 Å². The van der Waals surface area contributed by atoms with Crippen molar-refractivity contribution in [3.05, 3.63) is 0 Å². The smallest absolute Gasteiger partial charge is 0.311 e. The topological polar surface area (TPSA) is 78.9 Å². The van der Waals surface area contributed by atoms with Crippen molar-refractivity contribution in [1.29, 1.82) is 0 Å². The highest BCUT2D eigenvalue weighted by molar-refractivity contribution is 5.77. The summed E-state index contributed by atoms with van der Waals surface area (Å²) in [7, 11) is 1.25. The van der Waals surface area contributed by atoms with Crippen LogP contribution in [0.3, 0.4) is 0 Å². The minimum Gasteiger partial charge on any atom is -0.469 e. The zero-order valence-electron chi connectivity index (χ0n) is 12.0. The lowest BCUT2D eigenvalue weighted by molar-refractivity contribution is -0.159. The lowest BCUT2D eigenvalue weighted by Crippen LogP contribution is -2.27. The first kappa shape index (κ1) is 17.4. The molecule has 0 amide bonds. The first-order chi connectivity index (χ1) is 8.83. The first-order valence-corrected chi connectivity index (χ1v) is 6.23. The maximum Gasteiger partial charge on any atom is 0.311 e.